The number of nitrogen functional groups attached to an aromatic ring is 1. The summed E-state index contributed by atoms with van der Waals surface area (Å²) in [5.41, 5.74) is 7.81. The highest BCUT2D eigenvalue weighted by atomic mass is 79.9. The Morgan fingerprint density at radius 1 is 0.950 bits per heavy atom. The number of halogens is 1. The van der Waals surface area contributed by atoms with Crippen molar-refractivity contribution in [2.24, 2.45) is 5.41 Å². The van der Waals surface area contributed by atoms with Gasteiger partial charge in [0.1, 0.15) is 11.9 Å². The molecule has 4 rings (SSSR count). The Bertz CT molecular complexity index is 1530. The number of phenols is 1. The van der Waals surface area contributed by atoms with Crippen LogP contribution in [0, 0.1) is 5.41 Å². The third-order valence-electron chi connectivity index (χ3n) is 6.69. The molecule has 0 bridgehead atoms. The number of hydrogen-bond donors (Lipinski definition) is 4. The summed E-state index contributed by atoms with van der Waals surface area (Å²) in [6.45, 7) is 4.04. The first-order chi connectivity index (χ1) is 19.1. The molecule has 7 nitrogen and oxygen atoms in total. The lowest BCUT2D eigenvalue weighted by Crippen LogP contribution is -2.29. The fourth-order valence-electron chi connectivity index (χ4n) is 4.53. The van der Waals surface area contributed by atoms with Crippen molar-refractivity contribution in [3.8, 4) is 5.75 Å². The van der Waals surface area contributed by atoms with E-state index in [9.17, 15) is 14.7 Å². The minimum atomic E-state index is -0.653. The van der Waals surface area contributed by atoms with Gasteiger partial charge in [-0.25, -0.2) is 4.79 Å². The van der Waals surface area contributed by atoms with Crippen LogP contribution in [0.25, 0.3) is 10.8 Å². The molecule has 0 unspecified atom stereocenters. The number of hydrogen-bond acceptors (Lipinski definition) is 5. The van der Waals surface area contributed by atoms with Crippen LogP contribution in [-0.2, 0) is 9.53 Å². The topological polar surface area (TPSA) is 114 Å². The number of fused-ring (bicyclic) bond motifs is 1. The zero-order valence-electron chi connectivity index (χ0n) is 22.4. The van der Waals surface area contributed by atoms with Crippen LogP contribution in [0.5, 0.6) is 5.75 Å². The van der Waals surface area contributed by atoms with Gasteiger partial charge >= 0.3 is 6.09 Å². The molecule has 4 aromatic rings. The molecule has 5 N–H and O–H groups in total. The van der Waals surface area contributed by atoms with Gasteiger partial charge in [0.25, 0.3) is 0 Å². The molecule has 0 fully saturated rings. The van der Waals surface area contributed by atoms with Gasteiger partial charge in [0.05, 0.1) is 11.4 Å². The summed E-state index contributed by atoms with van der Waals surface area (Å²) < 4.78 is 6.99. The Hall–Kier alpha value is -4.30. The maximum atomic E-state index is 13.1. The standard InChI is InChI=1S/C32H32BrN3O4/c1-32(2,20-8-7-13-29(38)36-27-12-6-5-11-26(27)34)30(40-31(39)35-22-16-14-21(33)15-17-22)25-18-19-28(37)24-10-4-3-9-23(24)25/h3-7,9-19,30,37H,8,20,34H2,1-2H3,(H,35,39)(H,36,38)/b13-7+/t30-/m0/s1. The van der Waals surface area contributed by atoms with Crippen molar-refractivity contribution in [2.45, 2.75) is 32.8 Å². The largest absolute Gasteiger partial charge is 0.507 e. The van der Waals surface area contributed by atoms with Crippen LogP contribution in [0.15, 0.2) is 102 Å². The predicted octanol–water partition coefficient (Wildman–Crippen LogP) is 8.18. The first kappa shape index (κ1) is 28.7. The molecule has 0 radical (unpaired) electrons. The number of nitrogens with one attached hydrogen (secondary N) is 2. The second kappa shape index (κ2) is 12.7. The van der Waals surface area contributed by atoms with Gasteiger partial charge in [-0.05, 0) is 66.8 Å². The lowest BCUT2D eigenvalue weighted by atomic mass is 9.77. The van der Waals surface area contributed by atoms with E-state index < -0.39 is 17.6 Å². The molecule has 0 heterocycles. The van der Waals surface area contributed by atoms with Crippen molar-refractivity contribution < 1.29 is 19.4 Å². The van der Waals surface area contributed by atoms with E-state index in [0.717, 1.165) is 15.4 Å². The summed E-state index contributed by atoms with van der Waals surface area (Å²) in [5, 5.41) is 17.5. The van der Waals surface area contributed by atoms with Crippen molar-refractivity contribution in [1.29, 1.82) is 0 Å². The van der Waals surface area contributed by atoms with E-state index in [0.29, 0.717) is 35.3 Å². The summed E-state index contributed by atoms with van der Waals surface area (Å²) in [6, 6.07) is 25.2. The number of ether oxygens (including phenoxy) is 1. The summed E-state index contributed by atoms with van der Waals surface area (Å²) in [4.78, 5) is 25.5. The number of benzene rings is 4. The highest BCUT2D eigenvalue weighted by Gasteiger charge is 2.35. The van der Waals surface area contributed by atoms with Crippen molar-refractivity contribution in [2.75, 3.05) is 16.4 Å². The first-order valence-electron chi connectivity index (χ1n) is 12.9. The van der Waals surface area contributed by atoms with E-state index in [-0.39, 0.29) is 11.7 Å². The predicted molar refractivity (Wildman–Crippen MR) is 164 cm³/mol. The van der Waals surface area contributed by atoms with Gasteiger partial charge in [0.2, 0.25) is 5.91 Å². The molecule has 0 aliphatic carbocycles. The number of nitrogens with two attached hydrogens (primary N) is 1. The fourth-order valence-corrected chi connectivity index (χ4v) is 4.79. The summed E-state index contributed by atoms with van der Waals surface area (Å²) in [5.74, 6) is -0.120. The van der Waals surface area contributed by atoms with Gasteiger partial charge in [0, 0.05) is 26.5 Å². The molecular weight excluding hydrogens is 570 g/mol. The van der Waals surface area contributed by atoms with E-state index in [1.54, 1.807) is 54.6 Å². The highest BCUT2D eigenvalue weighted by molar-refractivity contribution is 9.10. The van der Waals surface area contributed by atoms with Crippen LogP contribution >= 0.6 is 15.9 Å². The van der Waals surface area contributed by atoms with E-state index in [1.807, 2.05) is 50.2 Å². The molecule has 40 heavy (non-hydrogen) atoms. The van der Waals surface area contributed by atoms with Crippen LogP contribution in [0.1, 0.15) is 38.4 Å². The molecule has 2 amide bonds. The number of carbonyl (C=O) groups is 2. The molecular formula is C32H32BrN3O4. The van der Waals surface area contributed by atoms with Gasteiger partial charge in [-0.1, -0.05) is 78.3 Å². The minimum Gasteiger partial charge on any atom is -0.507 e. The molecule has 1 atom stereocenters. The third kappa shape index (κ3) is 7.21. The van der Waals surface area contributed by atoms with Crippen LogP contribution in [-0.4, -0.2) is 17.1 Å². The molecule has 4 aromatic carbocycles. The number of rotatable bonds is 9. The summed E-state index contributed by atoms with van der Waals surface area (Å²) >= 11 is 3.40. The maximum Gasteiger partial charge on any atom is 0.412 e. The Kier molecular flexibility index (Phi) is 9.11. The van der Waals surface area contributed by atoms with E-state index in [2.05, 4.69) is 26.6 Å². The number of carbonyl (C=O) groups excluding carboxylic acids is 2. The highest BCUT2D eigenvalue weighted by Crippen LogP contribution is 2.44. The maximum absolute atomic E-state index is 13.1. The van der Waals surface area contributed by atoms with Gasteiger partial charge in [0.15, 0.2) is 0 Å². The van der Waals surface area contributed by atoms with Gasteiger partial charge in [-0.15, -0.1) is 0 Å². The number of phenolic OH excluding ortho intramolecular Hbond substituents is 1. The molecule has 0 spiro atoms. The lowest BCUT2D eigenvalue weighted by Gasteiger charge is -2.35. The van der Waals surface area contributed by atoms with Crippen LogP contribution < -0.4 is 16.4 Å². The second-order valence-electron chi connectivity index (χ2n) is 10.1. The number of para-hydroxylation sites is 2. The van der Waals surface area contributed by atoms with E-state index in [4.69, 9.17) is 10.5 Å². The number of amides is 2. The lowest BCUT2D eigenvalue weighted by molar-refractivity contribution is -0.111. The normalized spacial score (nSPS) is 12.3. The summed E-state index contributed by atoms with van der Waals surface area (Å²) in [7, 11) is 0. The van der Waals surface area contributed by atoms with Crippen molar-refractivity contribution in [1.82, 2.24) is 0 Å². The number of allylic oxidation sites excluding steroid dienone is 1. The molecule has 0 saturated carbocycles. The Morgan fingerprint density at radius 3 is 2.35 bits per heavy atom. The Balaban J connectivity index is 1.53. The SMILES string of the molecule is CC(C)(CC/C=C/C(=O)Nc1ccccc1N)[C@@H](OC(=O)Nc1ccc(Br)cc1)c1ccc(O)c2ccccc12. The van der Waals surface area contributed by atoms with Crippen molar-refractivity contribution in [3.63, 3.8) is 0 Å². The van der Waals surface area contributed by atoms with Gasteiger partial charge < -0.3 is 20.9 Å². The quantitative estimate of drug-likeness (QED) is 0.114. The molecule has 8 heteroatoms. The number of aromatic hydroxyl groups is 1. The third-order valence-corrected chi connectivity index (χ3v) is 7.21. The van der Waals surface area contributed by atoms with Crippen LogP contribution in [0.4, 0.5) is 21.9 Å². The van der Waals surface area contributed by atoms with Crippen molar-refractivity contribution >= 4 is 55.8 Å². The zero-order chi connectivity index (χ0) is 28.7. The van der Waals surface area contributed by atoms with Crippen molar-refractivity contribution in [3.05, 3.63) is 107 Å². The minimum absolute atomic E-state index is 0.156. The fraction of sp³-hybridized carbons (Fsp3) is 0.188. The monoisotopic (exact) mass is 601 g/mol. The van der Waals surface area contributed by atoms with E-state index in [1.165, 1.54) is 6.08 Å². The average molecular weight is 603 g/mol. The molecule has 0 aliphatic heterocycles. The number of anilines is 3. The molecule has 0 aliphatic rings. The van der Waals surface area contributed by atoms with Crippen LogP contribution in [0.3, 0.4) is 0 Å². The zero-order valence-corrected chi connectivity index (χ0v) is 23.9. The molecule has 206 valence electrons. The first-order valence-corrected chi connectivity index (χ1v) is 13.7. The molecule has 0 aromatic heterocycles. The Morgan fingerprint density at radius 2 is 1.62 bits per heavy atom. The van der Waals surface area contributed by atoms with Gasteiger partial charge in [-0.2, -0.15) is 0 Å². The Labute approximate surface area is 242 Å². The van der Waals surface area contributed by atoms with E-state index >= 15 is 0 Å². The van der Waals surface area contributed by atoms with Gasteiger partial charge in [-0.3, -0.25) is 10.1 Å². The molecule has 0 saturated heterocycles. The average Bonchev–Trinajstić information content (AvgIpc) is 2.93. The smallest absolute Gasteiger partial charge is 0.412 e. The van der Waals surface area contributed by atoms with Crippen LogP contribution in [0.2, 0.25) is 0 Å². The summed E-state index contributed by atoms with van der Waals surface area (Å²) in [6.07, 6.45) is 3.20. The second-order valence-corrected chi connectivity index (χ2v) is 11.1.